The van der Waals surface area contributed by atoms with Gasteiger partial charge in [-0.1, -0.05) is 18.2 Å². The summed E-state index contributed by atoms with van der Waals surface area (Å²) in [6.45, 7) is 6.08. The Balaban J connectivity index is 2.38. The SMILES string of the molecule is Cc1cccc(C)c1-n1cc(CCC(=O)O)nc1C. The zero-order valence-corrected chi connectivity index (χ0v) is 11.5. The topological polar surface area (TPSA) is 55.1 Å². The van der Waals surface area contributed by atoms with Gasteiger partial charge in [0.25, 0.3) is 0 Å². The van der Waals surface area contributed by atoms with Crippen LogP contribution in [-0.2, 0) is 11.2 Å². The predicted octanol–water partition coefficient (Wildman–Crippen LogP) is 2.81. The summed E-state index contributed by atoms with van der Waals surface area (Å²) < 4.78 is 2.04. The lowest BCUT2D eigenvalue weighted by atomic mass is 10.1. The highest BCUT2D eigenvalue weighted by Crippen LogP contribution is 2.21. The van der Waals surface area contributed by atoms with Gasteiger partial charge >= 0.3 is 5.97 Å². The molecule has 0 amide bonds. The van der Waals surface area contributed by atoms with Crippen LogP contribution in [0.2, 0.25) is 0 Å². The summed E-state index contributed by atoms with van der Waals surface area (Å²) in [4.78, 5) is 15.0. The Bertz CT molecular complexity index is 594. The van der Waals surface area contributed by atoms with Crippen LogP contribution >= 0.6 is 0 Å². The van der Waals surface area contributed by atoms with E-state index in [0.29, 0.717) is 6.42 Å². The number of carboxylic acids is 1. The third-order valence-corrected chi connectivity index (χ3v) is 3.21. The first kappa shape index (κ1) is 13.3. The average molecular weight is 258 g/mol. The number of aryl methyl sites for hydroxylation is 4. The van der Waals surface area contributed by atoms with Crippen LogP contribution < -0.4 is 0 Å². The van der Waals surface area contributed by atoms with Crippen LogP contribution in [0, 0.1) is 20.8 Å². The first-order chi connectivity index (χ1) is 8.99. The summed E-state index contributed by atoms with van der Waals surface area (Å²) in [5.74, 6) is 0.0945. The Morgan fingerprint density at radius 3 is 2.47 bits per heavy atom. The van der Waals surface area contributed by atoms with Crippen molar-refractivity contribution in [2.24, 2.45) is 0 Å². The van der Waals surface area contributed by atoms with Crippen molar-refractivity contribution in [3.63, 3.8) is 0 Å². The van der Waals surface area contributed by atoms with E-state index in [-0.39, 0.29) is 6.42 Å². The molecule has 0 unspecified atom stereocenters. The molecule has 4 nitrogen and oxygen atoms in total. The van der Waals surface area contributed by atoms with Crippen molar-refractivity contribution in [3.05, 3.63) is 47.0 Å². The third-order valence-electron chi connectivity index (χ3n) is 3.21. The number of para-hydroxylation sites is 1. The van der Waals surface area contributed by atoms with Gasteiger partial charge in [-0.15, -0.1) is 0 Å². The van der Waals surface area contributed by atoms with E-state index in [4.69, 9.17) is 5.11 Å². The molecule has 0 aliphatic carbocycles. The fourth-order valence-electron chi connectivity index (χ4n) is 2.30. The molecule has 0 atom stereocenters. The van der Waals surface area contributed by atoms with Crippen LogP contribution in [0.1, 0.15) is 29.1 Å². The number of carbonyl (C=O) groups is 1. The highest BCUT2D eigenvalue weighted by atomic mass is 16.4. The second-order valence-electron chi connectivity index (χ2n) is 4.78. The molecule has 1 N–H and O–H groups in total. The zero-order chi connectivity index (χ0) is 14.0. The van der Waals surface area contributed by atoms with Crippen molar-refractivity contribution in [2.75, 3.05) is 0 Å². The first-order valence-corrected chi connectivity index (χ1v) is 6.32. The summed E-state index contributed by atoms with van der Waals surface area (Å²) in [7, 11) is 0. The van der Waals surface area contributed by atoms with Gasteiger partial charge < -0.3 is 9.67 Å². The molecule has 0 saturated heterocycles. The lowest BCUT2D eigenvalue weighted by Crippen LogP contribution is -2.00. The Labute approximate surface area is 112 Å². The van der Waals surface area contributed by atoms with Gasteiger partial charge in [0.05, 0.1) is 17.8 Å². The second-order valence-corrected chi connectivity index (χ2v) is 4.78. The lowest BCUT2D eigenvalue weighted by molar-refractivity contribution is -0.136. The van der Waals surface area contributed by atoms with Crippen molar-refractivity contribution in [2.45, 2.75) is 33.6 Å². The maximum absolute atomic E-state index is 10.6. The number of carboxylic acid groups (broad SMARTS) is 1. The molecule has 2 rings (SSSR count). The summed E-state index contributed by atoms with van der Waals surface area (Å²) in [5, 5.41) is 8.72. The fourth-order valence-corrected chi connectivity index (χ4v) is 2.30. The van der Waals surface area contributed by atoms with Crippen LogP contribution in [0.15, 0.2) is 24.4 Å². The van der Waals surface area contributed by atoms with E-state index in [1.807, 2.05) is 23.8 Å². The predicted molar refractivity (Wildman–Crippen MR) is 73.7 cm³/mol. The molecular formula is C15H18N2O2. The minimum absolute atomic E-state index is 0.114. The summed E-state index contributed by atoms with van der Waals surface area (Å²) in [6, 6.07) is 6.17. The van der Waals surface area contributed by atoms with Crippen molar-refractivity contribution < 1.29 is 9.90 Å². The van der Waals surface area contributed by atoms with Crippen molar-refractivity contribution in [3.8, 4) is 5.69 Å². The van der Waals surface area contributed by atoms with Crippen molar-refractivity contribution in [1.82, 2.24) is 9.55 Å². The van der Waals surface area contributed by atoms with Gasteiger partial charge in [0.15, 0.2) is 0 Å². The Morgan fingerprint density at radius 1 is 1.26 bits per heavy atom. The van der Waals surface area contributed by atoms with Gasteiger partial charge in [0.1, 0.15) is 5.82 Å². The maximum atomic E-state index is 10.6. The summed E-state index contributed by atoms with van der Waals surface area (Å²) in [5.41, 5.74) is 4.33. The fraction of sp³-hybridized carbons (Fsp3) is 0.333. The van der Waals surface area contributed by atoms with Crippen LogP contribution in [0.3, 0.4) is 0 Å². The standard InChI is InChI=1S/C15H18N2O2/c1-10-5-4-6-11(2)15(10)17-9-13(16-12(17)3)7-8-14(18)19/h4-6,9H,7-8H2,1-3H3,(H,18,19). The molecule has 1 heterocycles. The van der Waals surface area contributed by atoms with Crippen molar-refractivity contribution in [1.29, 1.82) is 0 Å². The largest absolute Gasteiger partial charge is 0.481 e. The Hall–Kier alpha value is -2.10. The summed E-state index contributed by atoms with van der Waals surface area (Å²) in [6.07, 6.45) is 2.52. The van der Waals surface area contributed by atoms with E-state index < -0.39 is 5.97 Å². The molecule has 1 aromatic heterocycles. The number of imidazole rings is 1. The molecule has 1 aromatic carbocycles. The number of hydrogen-bond donors (Lipinski definition) is 1. The highest BCUT2D eigenvalue weighted by Gasteiger charge is 2.11. The molecule has 0 fully saturated rings. The van der Waals surface area contributed by atoms with E-state index in [2.05, 4.69) is 31.0 Å². The Kier molecular flexibility index (Phi) is 3.69. The maximum Gasteiger partial charge on any atom is 0.303 e. The van der Waals surface area contributed by atoms with Gasteiger partial charge in [-0.25, -0.2) is 4.98 Å². The smallest absolute Gasteiger partial charge is 0.303 e. The molecule has 0 saturated carbocycles. The van der Waals surface area contributed by atoms with Gasteiger partial charge in [0.2, 0.25) is 0 Å². The van der Waals surface area contributed by atoms with Crippen LogP contribution in [-0.4, -0.2) is 20.6 Å². The third kappa shape index (κ3) is 2.84. The van der Waals surface area contributed by atoms with E-state index in [9.17, 15) is 4.79 Å². The van der Waals surface area contributed by atoms with Gasteiger partial charge in [-0.05, 0) is 31.9 Å². The van der Waals surface area contributed by atoms with Crippen LogP contribution in [0.25, 0.3) is 5.69 Å². The van der Waals surface area contributed by atoms with Gasteiger partial charge in [-0.3, -0.25) is 4.79 Å². The van der Waals surface area contributed by atoms with Gasteiger partial charge in [-0.2, -0.15) is 0 Å². The number of hydrogen-bond acceptors (Lipinski definition) is 2. The first-order valence-electron chi connectivity index (χ1n) is 6.32. The normalized spacial score (nSPS) is 10.7. The van der Waals surface area contributed by atoms with E-state index in [1.165, 1.54) is 11.1 Å². The highest BCUT2D eigenvalue weighted by molar-refractivity contribution is 5.67. The molecule has 0 radical (unpaired) electrons. The molecule has 0 bridgehead atoms. The molecular weight excluding hydrogens is 240 g/mol. The molecule has 0 spiro atoms. The number of nitrogens with zero attached hydrogens (tertiary/aromatic N) is 2. The van der Waals surface area contributed by atoms with Crippen LogP contribution in [0.5, 0.6) is 0 Å². The molecule has 2 aromatic rings. The molecule has 19 heavy (non-hydrogen) atoms. The zero-order valence-electron chi connectivity index (χ0n) is 11.5. The number of benzene rings is 1. The summed E-state index contributed by atoms with van der Waals surface area (Å²) >= 11 is 0. The molecule has 4 heteroatoms. The quantitative estimate of drug-likeness (QED) is 0.917. The Morgan fingerprint density at radius 2 is 1.89 bits per heavy atom. The van der Waals surface area contributed by atoms with E-state index >= 15 is 0 Å². The van der Waals surface area contributed by atoms with E-state index in [0.717, 1.165) is 17.2 Å². The van der Waals surface area contributed by atoms with Crippen molar-refractivity contribution >= 4 is 5.97 Å². The monoisotopic (exact) mass is 258 g/mol. The number of aromatic nitrogens is 2. The molecule has 0 aliphatic heterocycles. The minimum atomic E-state index is -0.792. The van der Waals surface area contributed by atoms with Gasteiger partial charge in [0, 0.05) is 12.6 Å². The van der Waals surface area contributed by atoms with Crippen LogP contribution in [0.4, 0.5) is 0 Å². The second kappa shape index (κ2) is 5.26. The average Bonchev–Trinajstić information content (AvgIpc) is 2.68. The lowest BCUT2D eigenvalue weighted by Gasteiger charge is -2.11. The minimum Gasteiger partial charge on any atom is -0.481 e. The molecule has 0 aliphatic rings. The number of aliphatic carboxylic acids is 1. The molecule has 100 valence electrons. The van der Waals surface area contributed by atoms with E-state index in [1.54, 1.807) is 0 Å². The number of rotatable bonds is 4.